The number of hydrogen-bond donors (Lipinski definition) is 1. The van der Waals surface area contributed by atoms with Gasteiger partial charge in [0.05, 0.1) is 0 Å². The Bertz CT molecular complexity index is 851. The molecular weight excluding hydrogens is 368 g/mol. The highest BCUT2D eigenvalue weighted by molar-refractivity contribution is 5.76. The highest BCUT2D eigenvalue weighted by atomic mass is 16.5. The van der Waals surface area contributed by atoms with Crippen molar-refractivity contribution in [3.63, 3.8) is 0 Å². The predicted octanol–water partition coefficient (Wildman–Crippen LogP) is 4.08. The van der Waals surface area contributed by atoms with Crippen LogP contribution in [0, 0.1) is 30.1 Å². The van der Waals surface area contributed by atoms with Gasteiger partial charge in [0.1, 0.15) is 5.76 Å². The van der Waals surface area contributed by atoms with E-state index in [0.717, 1.165) is 24.2 Å². The second-order valence-corrected chi connectivity index (χ2v) is 9.63. The molecule has 7 heteroatoms. The van der Waals surface area contributed by atoms with Gasteiger partial charge in [-0.15, -0.1) is 10.2 Å². The van der Waals surface area contributed by atoms with Gasteiger partial charge in [-0.2, -0.15) is 0 Å². The molecule has 4 aliphatic rings. The molecule has 4 aliphatic carbocycles. The second-order valence-electron chi connectivity index (χ2n) is 9.63. The van der Waals surface area contributed by atoms with Crippen molar-refractivity contribution < 1.29 is 13.7 Å². The van der Waals surface area contributed by atoms with Crippen LogP contribution in [0.1, 0.15) is 69.9 Å². The van der Waals surface area contributed by atoms with E-state index < -0.39 is 0 Å². The monoisotopic (exact) mass is 398 g/mol. The summed E-state index contributed by atoms with van der Waals surface area (Å²) < 4.78 is 10.7. The summed E-state index contributed by atoms with van der Waals surface area (Å²) in [4.78, 5) is 12.7. The van der Waals surface area contributed by atoms with E-state index in [-0.39, 0.29) is 5.91 Å². The Labute approximate surface area is 171 Å². The topological polar surface area (TPSA) is 94.1 Å². The van der Waals surface area contributed by atoms with Crippen LogP contribution in [-0.2, 0) is 11.2 Å². The lowest BCUT2D eigenvalue weighted by molar-refractivity contribution is -0.126. The van der Waals surface area contributed by atoms with Crippen LogP contribution in [0.25, 0.3) is 11.6 Å². The molecule has 0 saturated heterocycles. The number of amides is 1. The minimum Gasteiger partial charge on any atom is -0.419 e. The highest BCUT2D eigenvalue weighted by Gasteiger charge is 2.53. The average Bonchev–Trinajstić information content (AvgIpc) is 3.32. The van der Waals surface area contributed by atoms with Gasteiger partial charge < -0.3 is 14.3 Å². The van der Waals surface area contributed by atoms with Crippen LogP contribution in [0.4, 0.5) is 0 Å². The largest absolute Gasteiger partial charge is 0.419 e. The summed E-state index contributed by atoms with van der Waals surface area (Å²) in [6.45, 7) is 4.03. The summed E-state index contributed by atoms with van der Waals surface area (Å²) in [5.74, 6) is 4.24. The van der Waals surface area contributed by atoms with Crippen LogP contribution < -0.4 is 5.32 Å². The summed E-state index contributed by atoms with van der Waals surface area (Å²) in [5, 5.41) is 15.3. The quantitative estimate of drug-likeness (QED) is 0.755. The predicted molar refractivity (Wildman–Crippen MR) is 106 cm³/mol. The number of rotatable bonds is 7. The number of carbonyl (C=O) groups is 1. The van der Waals surface area contributed by atoms with Gasteiger partial charge in [-0.25, -0.2) is 0 Å². The van der Waals surface area contributed by atoms with Crippen LogP contribution in [0.3, 0.4) is 0 Å². The maximum Gasteiger partial charge on any atom is 0.269 e. The Balaban J connectivity index is 1.19. The molecule has 0 unspecified atom stereocenters. The van der Waals surface area contributed by atoms with Gasteiger partial charge in [0.25, 0.3) is 5.89 Å². The lowest BCUT2D eigenvalue weighted by Gasteiger charge is -2.59. The molecule has 1 N–H and O–H groups in total. The molecule has 0 aliphatic heterocycles. The maximum atomic E-state index is 12.7. The fourth-order valence-corrected chi connectivity index (χ4v) is 6.70. The highest BCUT2D eigenvalue weighted by Crippen LogP contribution is 2.61. The van der Waals surface area contributed by atoms with E-state index in [0.29, 0.717) is 47.5 Å². The summed E-state index contributed by atoms with van der Waals surface area (Å²) in [7, 11) is 0. The summed E-state index contributed by atoms with van der Waals surface area (Å²) in [5.41, 5.74) is 0.861. The molecule has 2 aromatic heterocycles. The molecule has 6 rings (SSSR count). The minimum absolute atomic E-state index is 0.0876. The molecule has 1 atom stereocenters. The number of nitrogens with one attached hydrogen (secondary N) is 1. The SMILES string of the molecule is CC[C@@H](NC(=O)CCc1nnc(-c2cc(C)on2)o1)C12CC3CC(CC(C3)C1)C2. The Morgan fingerprint density at radius 2 is 1.90 bits per heavy atom. The van der Waals surface area contributed by atoms with Gasteiger partial charge in [-0.3, -0.25) is 4.79 Å². The molecule has 4 saturated carbocycles. The zero-order valence-corrected chi connectivity index (χ0v) is 17.3. The van der Waals surface area contributed by atoms with Crippen molar-refractivity contribution in [2.75, 3.05) is 0 Å². The molecule has 2 heterocycles. The van der Waals surface area contributed by atoms with Crippen molar-refractivity contribution in [3.8, 4) is 11.6 Å². The Kier molecular flexibility index (Phi) is 4.71. The van der Waals surface area contributed by atoms with Crippen LogP contribution in [-0.4, -0.2) is 27.3 Å². The fourth-order valence-electron chi connectivity index (χ4n) is 6.70. The first-order valence-corrected chi connectivity index (χ1v) is 11.1. The average molecular weight is 399 g/mol. The van der Waals surface area contributed by atoms with Crippen molar-refractivity contribution >= 4 is 5.91 Å². The Morgan fingerprint density at radius 1 is 1.21 bits per heavy atom. The summed E-state index contributed by atoms with van der Waals surface area (Å²) >= 11 is 0. The maximum absolute atomic E-state index is 12.7. The molecule has 4 bridgehead atoms. The molecule has 7 nitrogen and oxygen atoms in total. The Hall–Kier alpha value is -2.18. The lowest BCUT2D eigenvalue weighted by Crippen LogP contribution is -2.56. The zero-order valence-electron chi connectivity index (χ0n) is 17.3. The molecular formula is C22H30N4O3. The molecule has 1 amide bonds. The van der Waals surface area contributed by atoms with E-state index >= 15 is 0 Å². The van der Waals surface area contributed by atoms with Gasteiger partial charge in [0.2, 0.25) is 11.8 Å². The van der Waals surface area contributed by atoms with Crippen LogP contribution >= 0.6 is 0 Å². The van der Waals surface area contributed by atoms with Gasteiger partial charge in [-0.1, -0.05) is 12.1 Å². The smallest absolute Gasteiger partial charge is 0.269 e. The van der Waals surface area contributed by atoms with E-state index in [1.54, 1.807) is 6.07 Å². The van der Waals surface area contributed by atoms with Crippen LogP contribution in [0.15, 0.2) is 15.0 Å². The molecule has 156 valence electrons. The van der Waals surface area contributed by atoms with E-state index in [2.05, 4.69) is 27.6 Å². The standard InChI is InChI=1S/C22H30N4O3/c1-3-18(22-10-14-7-15(11-22)9-16(8-14)12-22)23-19(27)4-5-20-24-25-21(28-20)17-6-13(2)29-26-17/h6,14-16,18H,3-5,7-12H2,1-2H3,(H,23,27)/t14?,15?,16?,18-,22?/m1/s1. The van der Waals surface area contributed by atoms with Crippen molar-refractivity contribution in [2.45, 2.75) is 77.7 Å². The zero-order chi connectivity index (χ0) is 20.0. The summed E-state index contributed by atoms with van der Waals surface area (Å²) in [6, 6.07) is 2.04. The van der Waals surface area contributed by atoms with Gasteiger partial charge >= 0.3 is 0 Å². The van der Waals surface area contributed by atoms with Crippen molar-refractivity contribution in [2.24, 2.45) is 23.2 Å². The van der Waals surface area contributed by atoms with Crippen LogP contribution in [0.2, 0.25) is 0 Å². The van der Waals surface area contributed by atoms with Crippen LogP contribution in [0.5, 0.6) is 0 Å². The first-order chi connectivity index (χ1) is 14.0. The number of hydrogen-bond acceptors (Lipinski definition) is 6. The third-order valence-corrected chi connectivity index (χ3v) is 7.45. The normalized spacial score (nSPS) is 31.2. The van der Waals surface area contributed by atoms with E-state index in [1.807, 2.05) is 6.92 Å². The third kappa shape index (κ3) is 3.60. The second kappa shape index (κ2) is 7.26. The van der Waals surface area contributed by atoms with Crippen molar-refractivity contribution in [3.05, 3.63) is 17.7 Å². The first kappa shape index (κ1) is 18.8. The van der Waals surface area contributed by atoms with E-state index in [4.69, 9.17) is 8.94 Å². The first-order valence-electron chi connectivity index (χ1n) is 11.1. The van der Waals surface area contributed by atoms with Crippen molar-refractivity contribution in [1.29, 1.82) is 0 Å². The molecule has 0 radical (unpaired) electrons. The fraction of sp³-hybridized carbons (Fsp3) is 0.727. The number of nitrogens with zero attached hydrogens (tertiary/aromatic N) is 3. The number of aromatic nitrogens is 3. The van der Waals surface area contributed by atoms with Crippen molar-refractivity contribution in [1.82, 2.24) is 20.7 Å². The molecule has 0 spiro atoms. The minimum atomic E-state index is 0.0876. The van der Waals surface area contributed by atoms with E-state index in [1.165, 1.54) is 38.5 Å². The van der Waals surface area contributed by atoms with Gasteiger partial charge in [-0.05, 0) is 75.0 Å². The van der Waals surface area contributed by atoms with Gasteiger partial charge in [0, 0.05) is 24.9 Å². The lowest BCUT2D eigenvalue weighted by atomic mass is 9.47. The molecule has 4 fully saturated rings. The molecule has 2 aromatic rings. The summed E-state index contributed by atoms with van der Waals surface area (Å²) in [6.07, 6.45) is 10.0. The molecule has 29 heavy (non-hydrogen) atoms. The van der Waals surface area contributed by atoms with E-state index in [9.17, 15) is 4.79 Å². The van der Waals surface area contributed by atoms with Gasteiger partial charge in [0.15, 0.2) is 5.69 Å². The number of carbonyl (C=O) groups excluding carboxylic acids is 1. The Morgan fingerprint density at radius 3 is 2.48 bits per heavy atom. The number of aryl methyl sites for hydroxylation is 2. The third-order valence-electron chi connectivity index (χ3n) is 7.45. The molecule has 0 aromatic carbocycles.